The van der Waals surface area contributed by atoms with E-state index in [1.807, 2.05) is 35.8 Å². The third-order valence-corrected chi connectivity index (χ3v) is 6.33. The lowest BCUT2D eigenvalue weighted by atomic mass is 9.95. The van der Waals surface area contributed by atoms with E-state index in [1.165, 1.54) is 0 Å². The molecule has 0 spiro atoms. The van der Waals surface area contributed by atoms with Gasteiger partial charge in [0.1, 0.15) is 5.03 Å². The molecule has 1 atom stereocenters. The first-order valence-electron chi connectivity index (χ1n) is 10.2. The number of pyridine rings is 1. The summed E-state index contributed by atoms with van der Waals surface area (Å²) in [6.45, 7) is 9.13. The summed E-state index contributed by atoms with van der Waals surface area (Å²) in [6.07, 6.45) is 6.14. The number of rotatable bonds is 4. The molecule has 1 saturated heterocycles. The van der Waals surface area contributed by atoms with Gasteiger partial charge in [-0.25, -0.2) is 19.1 Å². The molecule has 4 rings (SSSR count). The molecule has 156 valence electrons. The second kappa shape index (κ2) is 7.65. The van der Waals surface area contributed by atoms with Gasteiger partial charge in [0.15, 0.2) is 5.65 Å². The van der Waals surface area contributed by atoms with Crippen LogP contribution in [0.3, 0.4) is 0 Å². The molecule has 1 unspecified atom stereocenters. The lowest BCUT2D eigenvalue weighted by Crippen LogP contribution is -2.29. The van der Waals surface area contributed by atoms with Gasteiger partial charge in [-0.15, -0.1) is 0 Å². The SMILES string of the molecule is Cn1cnc(SN2CCCC(c3ccc4c(n3)n(C)c(=O)n4CC(C)(C)C)C2)c1. The molecule has 3 aromatic rings. The second-order valence-corrected chi connectivity index (χ2v) is 10.4. The maximum absolute atomic E-state index is 12.8. The third kappa shape index (κ3) is 4.28. The highest BCUT2D eigenvalue weighted by Crippen LogP contribution is 2.32. The first kappa shape index (κ1) is 20.2. The molecular formula is C21H30N6OS. The fourth-order valence-corrected chi connectivity index (χ4v) is 5.02. The van der Waals surface area contributed by atoms with Crippen LogP contribution in [0, 0.1) is 5.41 Å². The normalized spacial score (nSPS) is 18.6. The molecule has 1 aliphatic heterocycles. The van der Waals surface area contributed by atoms with Crippen molar-refractivity contribution in [2.24, 2.45) is 19.5 Å². The Bertz CT molecular complexity index is 1070. The van der Waals surface area contributed by atoms with Crippen LogP contribution in [0.1, 0.15) is 45.2 Å². The van der Waals surface area contributed by atoms with E-state index in [0.29, 0.717) is 12.5 Å². The van der Waals surface area contributed by atoms with Gasteiger partial charge in [0, 0.05) is 51.5 Å². The largest absolute Gasteiger partial charge is 0.339 e. The number of hydrogen-bond acceptors (Lipinski definition) is 5. The quantitative estimate of drug-likeness (QED) is 0.613. The van der Waals surface area contributed by atoms with Crippen LogP contribution in [0.15, 0.2) is 34.5 Å². The zero-order valence-corrected chi connectivity index (χ0v) is 18.7. The van der Waals surface area contributed by atoms with Crippen LogP contribution in [0.25, 0.3) is 11.2 Å². The van der Waals surface area contributed by atoms with Crippen molar-refractivity contribution in [1.29, 1.82) is 0 Å². The van der Waals surface area contributed by atoms with E-state index in [2.05, 4.69) is 42.2 Å². The van der Waals surface area contributed by atoms with E-state index >= 15 is 0 Å². The van der Waals surface area contributed by atoms with Crippen LogP contribution in [-0.4, -0.2) is 41.1 Å². The summed E-state index contributed by atoms with van der Waals surface area (Å²) in [6, 6.07) is 4.19. The molecule has 0 aromatic carbocycles. The van der Waals surface area contributed by atoms with Gasteiger partial charge in [-0.05, 0) is 42.3 Å². The summed E-state index contributed by atoms with van der Waals surface area (Å²) in [5, 5.41) is 1.03. The summed E-state index contributed by atoms with van der Waals surface area (Å²) < 4.78 is 7.90. The third-order valence-electron chi connectivity index (χ3n) is 5.34. The topological polar surface area (TPSA) is 60.9 Å². The number of fused-ring (bicyclic) bond motifs is 1. The van der Waals surface area contributed by atoms with E-state index in [4.69, 9.17) is 4.98 Å². The summed E-state index contributed by atoms with van der Waals surface area (Å²) in [4.78, 5) is 22.1. The smallest absolute Gasteiger partial charge is 0.330 e. The Kier molecular flexibility index (Phi) is 5.33. The molecule has 7 nitrogen and oxygen atoms in total. The molecule has 0 aliphatic carbocycles. The highest BCUT2D eigenvalue weighted by Gasteiger charge is 2.25. The van der Waals surface area contributed by atoms with Crippen LogP contribution in [-0.2, 0) is 20.6 Å². The zero-order valence-electron chi connectivity index (χ0n) is 17.9. The number of aryl methyl sites for hydroxylation is 2. The van der Waals surface area contributed by atoms with Crippen LogP contribution < -0.4 is 5.69 Å². The van der Waals surface area contributed by atoms with Crippen molar-refractivity contribution in [2.45, 2.75) is 51.1 Å². The number of hydrogen-bond donors (Lipinski definition) is 0. The highest BCUT2D eigenvalue weighted by atomic mass is 32.2. The molecule has 1 aliphatic rings. The van der Waals surface area contributed by atoms with Gasteiger partial charge in [-0.1, -0.05) is 20.8 Å². The van der Waals surface area contributed by atoms with Gasteiger partial charge in [0.05, 0.1) is 11.8 Å². The van der Waals surface area contributed by atoms with Gasteiger partial charge < -0.3 is 4.57 Å². The van der Waals surface area contributed by atoms with Crippen molar-refractivity contribution in [3.63, 3.8) is 0 Å². The first-order chi connectivity index (χ1) is 13.7. The molecule has 1 fully saturated rings. The maximum atomic E-state index is 12.8. The van der Waals surface area contributed by atoms with Crippen molar-refractivity contribution in [3.8, 4) is 0 Å². The van der Waals surface area contributed by atoms with Gasteiger partial charge in [-0.3, -0.25) is 9.13 Å². The summed E-state index contributed by atoms with van der Waals surface area (Å²) in [7, 11) is 3.82. The van der Waals surface area contributed by atoms with E-state index in [0.717, 1.165) is 47.8 Å². The Hall–Kier alpha value is -2.06. The van der Waals surface area contributed by atoms with Crippen molar-refractivity contribution < 1.29 is 0 Å². The summed E-state index contributed by atoms with van der Waals surface area (Å²) in [5.74, 6) is 0.366. The lowest BCUT2D eigenvalue weighted by Gasteiger charge is -2.30. The van der Waals surface area contributed by atoms with Gasteiger partial charge >= 0.3 is 5.69 Å². The summed E-state index contributed by atoms with van der Waals surface area (Å²) >= 11 is 1.72. The molecule has 0 amide bonds. The summed E-state index contributed by atoms with van der Waals surface area (Å²) in [5.41, 5.74) is 2.82. The number of nitrogens with zero attached hydrogens (tertiary/aromatic N) is 6. The predicted molar refractivity (Wildman–Crippen MR) is 117 cm³/mol. The Balaban J connectivity index is 1.59. The molecule has 0 radical (unpaired) electrons. The molecular weight excluding hydrogens is 384 g/mol. The molecule has 3 aromatic heterocycles. The van der Waals surface area contributed by atoms with Crippen LogP contribution in [0.5, 0.6) is 0 Å². The Morgan fingerprint density at radius 1 is 1.24 bits per heavy atom. The van der Waals surface area contributed by atoms with Crippen molar-refractivity contribution in [2.75, 3.05) is 13.1 Å². The van der Waals surface area contributed by atoms with E-state index in [9.17, 15) is 4.79 Å². The molecule has 4 heterocycles. The Morgan fingerprint density at radius 3 is 2.72 bits per heavy atom. The van der Waals surface area contributed by atoms with E-state index in [1.54, 1.807) is 16.5 Å². The average Bonchev–Trinajstić information content (AvgIpc) is 3.17. The second-order valence-electron chi connectivity index (χ2n) is 9.26. The van der Waals surface area contributed by atoms with Gasteiger partial charge in [0.25, 0.3) is 0 Å². The minimum Gasteiger partial charge on any atom is -0.339 e. The highest BCUT2D eigenvalue weighted by molar-refractivity contribution is 7.97. The van der Waals surface area contributed by atoms with E-state index in [-0.39, 0.29) is 11.1 Å². The number of imidazole rings is 2. The van der Waals surface area contributed by atoms with Gasteiger partial charge in [0.2, 0.25) is 0 Å². The van der Waals surface area contributed by atoms with Crippen LogP contribution in [0.2, 0.25) is 0 Å². The van der Waals surface area contributed by atoms with Gasteiger partial charge in [-0.2, -0.15) is 0 Å². The fraction of sp³-hybridized carbons (Fsp3) is 0.571. The zero-order chi connectivity index (χ0) is 20.8. The average molecular weight is 415 g/mol. The molecule has 0 saturated carbocycles. The number of piperidine rings is 1. The Labute approximate surface area is 175 Å². The molecule has 0 bridgehead atoms. The monoisotopic (exact) mass is 414 g/mol. The minimum atomic E-state index is 0.00977. The number of aromatic nitrogens is 5. The predicted octanol–water partition coefficient (Wildman–Crippen LogP) is 3.40. The first-order valence-corrected chi connectivity index (χ1v) is 11.0. The van der Waals surface area contributed by atoms with Crippen molar-refractivity contribution in [3.05, 3.63) is 40.8 Å². The molecule has 8 heteroatoms. The fourth-order valence-electron chi connectivity index (χ4n) is 3.98. The van der Waals surface area contributed by atoms with Crippen molar-refractivity contribution in [1.82, 2.24) is 28.0 Å². The lowest BCUT2D eigenvalue weighted by molar-refractivity contribution is 0.338. The van der Waals surface area contributed by atoms with E-state index < -0.39 is 0 Å². The molecule has 0 N–H and O–H groups in total. The Morgan fingerprint density at radius 2 is 2.03 bits per heavy atom. The van der Waals surface area contributed by atoms with Crippen molar-refractivity contribution >= 4 is 23.1 Å². The van der Waals surface area contributed by atoms with Crippen LogP contribution >= 0.6 is 11.9 Å². The molecule has 29 heavy (non-hydrogen) atoms. The standard InChI is InChI=1S/C21H30N6OS/c1-21(2,3)13-27-17-9-8-16(23-19(17)25(5)20(27)28)15-7-6-10-26(11-15)29-18-12-24(4)14-22-18/h8-9,12,14-15H,6-7,10-11,13H2,1-5H3. The maximum Gasteiger partial charge on any atom is 0.330 e. The van der Waals surface area contributed by atoms with Crippen LogP contribution in [0.4, 0.5) is 0 Å². The minimum absolute atomic E-state index is 0.00977.